The zero-order chi connectivity index (χ0) is 20.3. The number of anilines is 1. The molecule has 2 fully saturated rings. The Morgan fingerprint density at radius 2 is 1.96 bits per heavy atom. The largest absolute Gasteiger partial charge is 0.394 e. The third kappa shape index (κ3) is 4.76. The van der Waals surface area contributed by atoms with Gasteiger partial charge in [0.1, 0.15) is 23.8 Å². The van der Waals surface area contributed by atoms with Crippen molar-refractivity contribution in [3.05, 3.63) is 29.8 Å². The van der Waals surface area contributed by atoms with Crippen LogP contribution in [0, 0.1) is 11.6 Å². The van der Waals surface area contributed by atoms with E-state index in [2.05, 4.69) is 20.4 Å². The minimum absolute atomic E-state index is 0.0687. The summed E-state index contributed by atoms with van der Waals surface area (Å²) < 4.78 is 32.3. The molecule has 28 heavy (non-hydrogen) atoms. The van der Waals surface area contributed by atoms with E-state index >= 15 is 0 Å². The Morgan fingerprint density at radius 3 is 2.61 bits per heavy atom. The molecule has 4 atom stereocenters. The highest BCUT2D eigenvalue weighted by Gasteiger charge is 2.46. The van der Waals surface area contributed by atoms with Gasteiger partial charge < -0.3 is 30.5 Å². The van der Waals surface area contributed by atoms with Crippen molar-refractivity contribution in [2.75, 3.05) is 51.7 Å². The molecule has 156 valence electrons. The van der Waals surface area contributed by atoms with Gasteiger partial charge in [-0.2, -0.15) is 0 Å². The second-order valence-electron chi connectivity index (χ2n) is 7.18. The van der Waals surface area contributed by atoms with Gasteiger partial charge in [-0.15, -0.1) is 0 Å². The number of likely N-dealkylation sites (N-methyl/N-ethyl adjacent to an activating group) is 1. The van der Waals surface area contributed by atoms with E-state index in [9.17, 15) is 23.8 Å². The lowest BCUT2D eigenvalue weighted by Crippen LogP contribution is -2.57. The lowest BCUT2D eigenvalue weighted by molar-refractivity contribution is -0.0205. The van der Waals surface area contributed by atoms with Gasteiger partial charge in [-0.05, 0) is 19.2 Å². The van der Waals surface area contributed by atoms with Crippen LogP contribution in [-0.4, -0.2) is 96.8 Å². The third-order valence-electron chi connectivity index (χ3n) is 5.24. The van der Waals surface area contributed by atoms with Crippen LogP contribution in [0.1, 0.15) is 0 Å². The fourth-order valence-electron chi connectivity index (χ4n) is 3.67. The summed E-state index contributed by atoms with van der Waals surface area (Å²) in [6.07, 6.45) is -2.13. The van der Waals surface area contributed by atoms with E-state index in [1.54, 1.807) is 0 Å². The molecule has 0 saturated carbocycles. The normalized spacial score (nSPS) is 29.0. The van der Waals surface area contributed by atoms with Crippen LogP contribution in [0.4, 0.5) is 19.3 Å². The van der Waals surface area contributed by atoms with E-state index in [1.807, 2.05) is 7.05 Å². The molecule has 8 nitrogen and oxygen atoms in total. The molecule has 0 bridgehead atoms. The molecule has 0 spiro atoms. The Morgan fingerprint density at radius 1 is 1.25 bits per heavy atom. The summed E-state index contributed by atoms with van der Waals surface area (Å²) in [5, 5.41) is 24.9. The van der Waals surface area contributed by atoms with Gasteiger partial charge in [0.25, 0.3) is 0 Å². The lowest BCUT2D eigenvalue weighted by Gasteiger charge is -2.39. The van der Waals surface area contributed by atoms with Crippen molar-refractivity contribution in [1.29, 1.82) is 0 Å². The number of carbonyl (C=O) groups is 1. The maximum Gasteiger partial charge on any atom is 0.319 e. The molecule has 2 heterocycles. The van der Waals surface area contributed by atoms with E-state index < -0.39 is 36.0 Å². The minimum Gasteiger partial charge on any atom is -0.394 e. The first-order valence-corrected chi connectivity index (χ1v) is 9.26. The topological polar surface area (TPSA) is 97.3 Å². The molecule has 2 saturated heterocycles. The molecule has 1 aromatic carbocycles. The first kappa shape index (κ1) is 20.9. The molecule has 1 aromatic rings. The average molecular weight is 400 g/mol. The molecule has 0 radical (unpaired) electrons. The number of hydrogen-bond donors (Lipinski definition) is 4. The molecule has 4 N–H and O–H groups in total. The summed E-state index contributed by atoms with van der Waals surface area (Å²) in [5.74, 6) is -1.61. The van der Waals surface area contributed by atoms with Gasteiger partial charge in [0.2, 0.25) is 0 Å². The summed E-state index contributed by atoms with van der Waals surface area (Å²) in [7, 11) is 2.02. The Bertz CT molecular complexity index is 688. The highest BCUT2D eigenvalue weighted by Crippen LogP contribution is 2.26. The second kappa shape index (κ2) is 9.10. The number of urea groups is 1. The summed E-state index contributed by atoms with van der Waals surface area (Å²) in [6.45, 7) is 2.91. The zero-order valence-corrected chi connectivity index (χ0v) is 15.6. The van der Waals surface area contributed by atoms with E-state index in [1.165, 1.54) is 0 Å². The fourth-order valence-corrected chi connectivity index (χ4v) is 3.67. The predicted molar refractivity (Wildman–Crippen MR) is 98.0 cm³/mol. The van der Waals surface area contributed by atoms with Crippen molar-refractivity contribution in [1.82, 2.24) is 15.1 Å². The number of piperazine rings is 1. The number of hydrogen-bond acceptors (Lipinski definition) is 6. The first-order chi connectivity index (χ1) is 13.4. The molecule has 0 unspecified atom stereocenters. The van der Waals surface area contributed by atoms with Crippen LogP contribution in [0.25, 0.3) is 0 Å². The van der Waals surface area contributed by atoms with E-state index in [0.29, 0.717) is 6.07 Å². The Kier molecular flexibility index (Phi) is 6.78. The van der Waals surface area contributed by atoms with Gasteiger partial charge in [0.05, 0.1) is 24.4 Å². The maximum atomic E-state index is 13.7. The van der Waals surface area contributed by atoms with Gasteiger partial charge in [-0.1, -0.05) is 0 Å². The van der Waals surface area contributed by atoms with Crippen LogP contribution in [-0.2, 0) is 4.74 Å². The Balaban J connectivity index is 1.59. The van der Waals surface area contributed by atoms with Crippen LogP contribution < -0.4 is 10.6 Å². The summed E-state index contributed by atoms with van der Waals surface area (Å²) in [6, 6.07) is 1.82. The number of ether oxygens (including phenoxy) is 1. The number of benzene rings is 1. The number of amides is 2. The molecule has 0 aliphatic carbocycles. The molecular weight excluding hydrogens is 374 g/mol. The van der Waals surface area contributed by atoms with Crippen molar-refractivity contribution < 1.29 is 28.5 Å². The third-order valence-corrected chi connectivity index (χ3v) is 5.24. The molecular formula is C18H26F2N4O4. The van der Waals surface area contributed by atoms with Crippen LogP contribution in [0.2, 0.25) is 0 Å². The quantitative estimate of drug-likeness (QED) is 0.548. The molecule has 2 aliphatic rings. The van der Waals surface area contributed by atoms with Gasteiger partial charge >= 0.3 is 6.03 Å². The van der Waals surface area contributed by atoms with Crippen LogP contribution >= 0.6 is 0 Å². The second-order valence-corrected chi connectivity index (χ2v) is 7.18. The summed E-state index contributed by atoms with van der Waals surface area (Å²) >= 11 is 0. The molecule has 2 aliphatic heterocycles. The van der Waals surface area contributed by atoms with Gasteiger partial charge in [-0.25, -0.2) is 13.6 Å². The Hall–Kier alpha value is -1.85. The van der Waals surface area contributed by atoms with Crippen LogP contribution in [0.3, 0.4) is 0 Å². The Labute approximate surface area is 162 Å². The monoisotopic (exact) mass is 400 g/mol. The van der Waals surface area contributed by atoms with Crippen LogP contribution in [0.15, 0.2) is 18.2 Å². The van der Waals surface area contributed by atoms with Crippen molar-refractivity contribution in [2.24, 2.45) is 0 Å². The lowest BCUT2D eigenvalue weighted by atomic mass is 10.0. The van der Waals surface area contributed by atoms with Crippen molar-refractivity contribution in [3.63, 3.8) is 0 Å². The SMILES string of the molecule is CN1CCN([C@H]2[C@H](O)[C@H](CO)O[C@@H]2CNC(=O)Nc2ccc(F)cc2F)CC1. The molecule has 0 aromatic heterocycles. The van der Waals surface area contributed by atoms with Gasteiger partial charge in [0, 0.05) is 38.8 Å². The number of carbonyl (C=O) groups excluding carboxylic acids is 1. The number of aliphatic hydroxyl groups is 2. The van der Waals surface area contributed by atoms with Crippen molar-refractivity contribution in [2.45, 2.75) is 24.4 Å². The number of halogens is 2. The fraction of sp³-hybridized carbons (Fsp3) is 0.611. The van der Waals surface area contributed by atoms with E-state index in [4.69, 9.17) is 4.74 Å². The smallest absolute Gasteiger partial charge is 0.319 e. The minimum atomic E-state index is -0.877. The molecule has 10 heteroatoms. The predicted octanol–water partition coefficient (Wildman–Crippen LogP) is -0.177. The summed E-state index contributed by atoms with van der Waals surface area (Å²) in [5.41, 5.74) is -0.143. The number of nitrogens with one attached hydrogen (secondary N) is 2. The number of aliphatic hydroxyl groups excluding tert-OH is 2. The highest BCUT2D eigenvalue weighted by atomic mass is 19.1. The number of rotatable bonds is 5. The zero-order valence-electron chi connectivity index (χ0n) is 15.6. The van der Waals surface area contributed by atoms with Crippen molar-refractivity contribution >= 4 is 11.7 Å². The number of nitrogens with zero attached hydrogens (tertiary/aromatic N) is 2. The molecule has 2 amide bonds. The highest BCUT2D eigenvalue weighted by molar-refractivity contribution is 5.89. The van der Waals surface area contributed by atoms with Gasteiger partial charge in [-0.3, -0.25) is 4.90 Å². The van der Waals surface area contributed by atoms with E-state index in [-0.39, 0.29) is 24.9 Å². The van der Waals surface area contributed by atoms with Crippen LogP contribution in [0.5, 0.6) is 0 Å². The standard InChI is InChI=1S/C18H26F2N4O4/c1-23-4-6-24(7-5-23)16-14(28-15(10-25)17(16)26)9-21-18(27)22-13-3-2-11(19)8-12(13)20/h2-3,8,14-17,25-26H,4-7,9-10H2,1H3,(H2,21,22,27)/t14-,15+,16-,17-/m1/s1. The maximum absolute atomic E-state index is 13.7. The summed E-state index contributed by atoms with van der Waals surface area (Å²) in [4.78, 5) is 16.4. The van der Waals surface area contributed by atoms with Crippen molar-refractivity contribution in [3.8, 4) is 0 Å². The first-order valence-electron chi connectivity index (χ1n) is 9.26. The molecule has 3 rings (SSSR count). The van der Waals surface area contributed by atoms with E-state index in [0.717, 1.165) is 38.3 Å². The average Bonchev–Trinajstić information content (AvgIpc) is 2.99. The van der Waals surface area contributed by atoms with Gasteiger partial charge in [0.15, 0.2) is 0 Å².